The SMILES string of the molecule is CC1CC(C(=O)N2CCC(c3ncco3)CC2)CC(C)(C)C1. The Bertz CT molecular complexity index is 501. The highest BCUT2D eigenvalue weighted by atomic mass is 16.3. The third-order valence-corrected chi connectivity index (χ3v) is 5.34. The number of rotatable bonds is 2. The Balaban J connectivity index is 1.58. The molecule has 1 amide bonds. The van der Waals surface area contributed by atoms with Gasteiger partial charge in [-0.05, 0) is 43.4 Å². The number of carbonyl (C=O) groups is 1. The Kier molecular flexibility index (Phi) is 4.28. The van der Waals surface area contributed by atoms with E-state index in [-0.39, 0.29) is 5.92 Å². The monoisotopic (exact) mass is 304 g/mol. The van der Waals surface area contributed by atoms with E-state index in [0.717, 1.165) is 44.7 Å². The zero-order chi connectivity index (χ0) is 15.7. The van der Waals surface area contributed by atoms with E-state index in [2.05, 4.69) is 30.7 Å². The zero-order valence-corrected chi connectivity index (χ0v) is 14.0. The van der Waals surface area contributed by atoms with Crippen LogP contribution in [0.15, 0.2) is 16.9 Å². The molecule has 1 aromatic heterocycles. The molecule has 4 heteroatoms. The normalized spacial score (nSPS) is 29.5. The molecule has 0 aromatic carbocycles. The summed E-state index contributed by atoms with van der Waals surface area (Å²) in [6.07, 6.45) is 8.62. The molecule has 1 saturated heterocycles. The van der Waals surface area contributed by atoms with Gasteiger partial charge in [-0.15, -0.1) is 0 Å². The maximum atomic E-state index is 12.9. The summed E-state index contributed by atoms with van der Waals surface area (Å²) in [5, 5.41) is 0. The van der Waals surface area contributed by atoms with Crippen molar-refractivity contribution >= 4 is 5.91 Å². The van der Waals surface area contributed by atoms with E-state index in [4.69, 9.17) is 4.42 Å². The van der Waals surface area contributed by atoms with Gasteiger partial charge in [-0.2, -0.15) is 0 Å². The lowest BCUT2D eigenvalue weighted by atomic mass is 9.67. The van der Waals surface area contributed by atoms with Crippen LogP contribution in [0.1, 0.15) is 64.7 Å². The summed E-state index contributed by atoms with van der Waals surface area (Å²) >= 11 is 0. The number of carbonyl (C=O) groups excluding carboxylic acids is 1. The molecule has 3 rings (SSSR count). The second-order valence-electron chi connectivity index (χ2n) is 8.08. The maximum Gasteiger partial charge on any atom is 0.225 e. The first-order valence-electron chi connectivity index (χ1n) is 8.63. The van der Waals surface area contributed by atoms with Crippen LogP contribution in [-0.4, -0.2) is 28.9 Å². The largest absolute Gasteiger partial charge is 0.449 e. The quantitative estimate of drug-likeness (QED) is 0.834. The number of amides is 1. The predicted molar refractivity (Wildman–Crippen MR) is 85.3 cm³/mol. The third kappa shape index (κ3) is 3.36. The maximum absolute atomic E-state index is 12.9. The molecule has 0 radical (unpaired) electrons. The van der Waals surface area contributed by atoms with Crippen molar-refractivity contribution in [3.63, 3.8) is 0 Å². The molecular weight excluding hydrogens is 276 g/mol. The highest BCUT2D eigenvalue weighted by molar-refractivity contribution is 5.79. The Morgan fingerprint density at radius 2 is 2.05 bits per heavy atom. The fourth-order valence-electron chi connectivity index (χ4n) is 4.58. The summed E-state index contributed by atoms with van der Waals surface area (Å²) in [6, 6.07) is 0. The smallest absolute Gasteiger partial charge is 0.225 e. The van der Waals surface area contributed by atoms with Gasteiger partial charge in [-0.25, -0.2) is 4.98 Å². The van der Waals surface area contributed by atoms with Gasteiger partial charge in [-0.3, -0.25) is 4.79 Å². The second kappa shape index (κ2) is 6.05. The number of nitrogens with zero attached hydrogens (tertiary/aromatic N) is 2. The molecule has 2 unspecified atom stereocenters. The topological polar surface area (TPSA) is 46.3 Å². The van der Waals surface area contributed by atoms with Crippen molar-refractivity contribution in [2.45, 2.75) is 58.8 Å². The predicted octanol–water partition coefficient (Wildman–Crippen LogP) is 3.84. The van der Waals surface area contributed by atoms with Gasteiger partial charge in [0, 0.05) is 24.9 Å². The summed E-state index contributed by atoms with van der Waals surface area (Å²) in [6.45, 7) is 8.58. The van der Waals surface area contributed by atoms with Crippen LogP contribution < -0.4 is 0 Å². The first kappa shape index (κ1) is 15.6. The van der Waals surface area contributed by atoms with E-state index in [1.807, 2.05) is 0 Å². The van der Waals surface area contributed by atoms with Crippen molar-refractivity contribution in [1.29, 1.82) is 0 Å². The van der Waals surface area contributed by atoms with Crippen LogP contribution in [0.3, 0.4) is 0 Å². The summed E-state index contributed by atoms with van der Waals surface area (Å²) in [5.41, 5.74) is 0.300. The van der Waals surface area contributed by atoms with E-state index < -0.39 is 0 Å². The van der Waals surface area contributed by atoms with Crippen molar-refractivity contribution in [1.82, 2.24) is 9.88 Å². The first-order chi connectivity index (χ1) is 10.4. The average molecular weight is 304 g/mol. The van der Waals surface area contributed by atoms with Gasteiger partial charge in [0.15, 0.2) is 5.89 Å². The van der Waals surface area contributed by atoms with E-state index in [1.54, 1.807) is 12.5 Å². The van der Waals surface area contributed by atoms with Crippen LogP contribution in [-0.2, 0) is 4.79 Å². The third-order valence-electron chi connectivity index (χ3n) is 5.34. The fourth-order valence-corrected chi connectivity index (χ4v) is 4.58. The van der Waals surface area contributed by atoms with E-state index in [1.165, 1.54) is 6.42 Å². The van der Waals surface area contributed by atoms with Crippen LogP contribution in [0.5, 0.6) is 0 Å². The summed E-state index contributed by atoms with van der Waals surface area (Å²) in [7, 11) is 0. The molecule has 1 aromatic rings. The summed E-state index contributed by atoms with van der Waals surface area (Å²) < 4.78 is 5.41. The molecule has 0 N–H and O–H groups in total. The van der Waals surface area contributed by atoms with Gasteiger partial charge in [-0.1, -0.05) is 20.8 Å². The van der Waals surface area contributed by atoms with Crippen LogP contribution in [0.2, 0.25) is 0 Å². The van der Waals surface area contributed by atoms with Crippen LogP contribution in [0.4, 0.5) is 0 Å². The number of hydrogen-bond donors (Lipinski definition) is 0. The van der Waals surface area contributed by atoms with Crippen LogP contribution in [0, 0.1) is 17.3 Å². The van der Waals surface area contributed by atoms with Gasteiger partial charge < -0.3 is 9.32 Å². The highest BCUT2D eigenvalue weighted by Crippen LogP contribution is 2.42. The average Bonchev–Trinajstić information content (AvgIpc) is 2.99. The van der Waals surface area contributed by atoms with Crippen LogP contribution in [0.25, 0.3) is 0 Å². The van der Waals surface area contributed by atoms with E-state index in [9.17, 15) is 4.79 Å². The van der Waals surface area contributed by atoms with Crippen molar-refractivity contribution in [3.05, 3.63) is 18.4 Å². The molecule has 2 atom stereocenters. The molecule has 2 fully saturated rings. The minimum atomic E-state index is 0.219. The molecule has 1 aliphatic carbocycles. The fraction of sp³-hybridized carbons (Fsp3) is 0.778. The number of hydrogen-bond acceptors (Lipinski definition) is 3. The van der Waals surface area contributed by atoms with Crippen LogP contribution >= 0.6 is 0 Å². The Labute approximate surface area is 133 Å². The van der Waals surface area contributed by atoms with E-state index in [0.29, 0.717) is 23.2 Å². The second-order valence-corrected chi connectivity index (χ2v) is 8.08. The van der Waals surface area contributed by atoms with E-state index >= 15 is 0 Å². The van der Waals surface area contributed by atoms with Gasteiger partial charge in [0.1, 0.15) is 6.26 Å². The van der Waals surface area contributed by atoms with Crippen molar-refractivity contribution in [2.24, 2.45) is 17.3 Å². The molecule has 2 heterocycles. The minimum Gasteiger partial charge on any atom is -0.449 e. The number of aromatic nitrogens is 1. The van der Waals surface area contributed by atoms with Crippen molar-refractivity contribution in [2.75, 3.05) is 13.1 Å². The van der Waals surface area contributed by atoms with Gasteiger partial charge in [0.05, 0.1) is 6.20 Å². The summed E-state index contributed by atoms with van der Waals surface area (Å²) in [5.74, 6) is 2.46. The Morgan fingerprint density at radius 3 is 2.64 bits per heavy atom. The molecule has 1 saturated carbocycles. The molecule has 0 bridgehead atoms. The van der Waals surface area contributed by atoms with Gasteiger partial charge >= 0.3 is 0 Å². The standard InChI is InChI=1S/C18H28N2O2/c1-13-10-15(12-18(2,3)11-13)17(21)20-7-4-14(5-8-20)16-19-6-9-22-16/h6,9,13-15H,4-5,7-8,10-12H2,1-3H3. The lowest BCUT2D eigenvalue weighted by Crippen LogP contribution is -2.44. The molecule has 1 aliphatic heterocycles. The van der Waals surface area contributed by atoms with Gasteiger partial charge in [0.2, 0.25) is 5.91 Å². The molecule has 122 valence electrons. The van der Waals surface area contributed by atoms with Gasteiger partial charge in [0.25, 0.3) is 0 Å². The minimum absolute atomic E-state index is 0.219. The van der Waals surface area contributed by atoms with Crippen molar-refractivity contribution < 1.29 is 9.21 Å². The number of oxazole rings is 1. The Hall–Kier alpha value is -1.32. The molecular formula is C18H28N2O2. The molecule has 0 spiro atoms. The zero-order valence-electron chi connectivity index (χ0n) is 14.0. The number of likely N-dealkylation sites (tertiary alicyclic amines) is 1. The summed E-state index contributed by atoms with van der Waals surface area (Å²) in [4.78, 5) is 19.2. The first-order valence-corrected chi connectivity index (χ1v) is 8.63. The molecule has 2 aliphatic rings. The highest BCUT2D eigenvalue weighted by Gasteiger charge is 2.38. The Morgan fingerprint density at radius 1 is 1.32 bits per heavy atom. The number of piperidine rings is 1. The molecule has 22 heavy (non-hydrogen) atoms. The lowest BCUT2D eigenvalue weighted by molar-refractivity contribution is -0.139. The van der Waals surface area contributed by atoms with Crippen molar-refractivity contribution in [3.8, 4) is 0 Å². The molecule has 4 nitrogen and oxygen atoms in total. The lowest BCUT2D eigenvalue weighted by Gasteiger charge is -2.41.